The van der Waals surface area contributed by atoms with Gasteiger partial charge < -0.3 is 20.4 Å². The fourth-order valence-electron chi connectivity index (χ4n) is 2.04. The van der Waals surface area contributed by atoms with E-state index in [1.54, 1.807) is 24.3 Å². The highest BCUT2D eigenvalue weighted by Crippen LogP contribution is 2.37. The molecule has 0 spiro atoms. The Hall–Kier alpha value is -1.40. The van der Waals surface area contributed by atoms with Gasteiger partial charge in [-0.3, -0.25) is 4.52 Å². The van der Waals surface area contributed by atoms with Crippen LogP contribution in [0.1, 0.15) is 58.1 Å². The van der Waals surface area contributed by atoms with Crippen molar-refractivity contribution in [1.29, 1.82) is 0 Å². The molecule has 7 nitrogen and oxygen atoms in total. The number of urea groups is 1. The van der Waals surface area contributed by atoms with Gasteiger partial charge >= 0.3 is 13.9 Å². The SMILES string of the molecule is CC.CCCCCCNC(=O)NC(COP(=O)(O)O)c1ccccc1. The van der Waals surface area contributed by atoms with E-state index in [2.05, 4.69) is 22.1 Å². The molecule has 0 saturated carbocycles. The summed E-state index contributed by atoms with van der Waals surface area (Å²) in [5, 5.41) is 5.42. The van der Waals surface area contributed by atoms with Crippen LogP contribution in [-0.4, -0.2) is 29.0 Å². The van der Waals surface area contributed by atoms with E-state index in [0.717, 1.165) is 25.7 Å². The van der Waals surface area contributed by atoms with Crippen LogP contribution in [0.15, 0.2) is 30.3 Å². The second-order valence-electron chi connectivity index (χ2n) is 5.21. The monoisotopic (exact) mass is 374 g/mol. The minimum atomic E-state index is -4.59. The lowest BCUT2D eigenvalue weighted by molar-refractivity contribution is 0.175. The van der Waals surface area contributed by atoms with Crippen molar-refractivity contribution in [2.75, 3.05) is 13.2 Å². The minimum Gasteiger partial charge on any atom is -0.338 e. The van der Waals surface area contributed by atoms with E-state index in [4.69, 9.17) is 9.79 Å². The van der Waals surface area contributed by atoms with Crippen molar-refractivity contribution in [2.24, 2.45) is 0 Å². The molecule has 0 aliphatic heterocycles. The van der Waals surface area contributed by atoms with E-state index in [-0.39, 0.29) is 12.6 Å². The highest BCUT2D eigenvalue weighted by atomic mass is 31.2. The van der Waals surface area contributed by atoms with E-state index in [1.807, 2.05) is 19.9 Å². The van der Waals surface area contributed by atoms with Crippen molar-refractivity contribution in [3.8, 4) is 0 Å². The summed E-state index contributed by atoms with van der Waals surface area (Å²) < 4.78 is 15.4. The molecule has 25 heavy (non-hydrogen) atoms. The predicted molar refractivity (Wildman–Crippen MR) is 99.2 cm³/mol. The zero-order valence-corrected chi connectivity index (χ0v) is 16.2. The molecule has 1 unspecified atom stereocenters. The summed E-state index contributed by atoms with van der Waals surface area (Å²) in [7, 11) is -4.59. The van der Waals surface area contributed by atoms with Crippen molar-refractivity contribution in [2.45, 2.75) is 52.5 Å². The first kappa shape index (κ1) is 23.6. The lowest BCUT2D eigenvalue weighted by atomic mass is 10.1. The van der Waals surface area contributed by atoms with Gasteiger partial charge in [-0.2, -0.15) is 0 Å². The normalized spacial score (nSPS) is 11.9. The van der Waals surface area contributed by atoms with Crippen molar-refractivity contribution >= 4 is 13.9 Å². The predicted octanol–water partition coefficient (Wildman–Crippen LogP) is 3.74. The number of nitrogens with one attached hydrogen (secondary N) is 2. The number of benzene rings is 1. The molecule has 0 radical (unpaired) electrons. The van der Waals surface area contributed by atoms with Crippen molar-refractivity contribution in [3.05, 3.63) is 35.9 Å². The molecule has 1 atom stereocenters. The number of rotatable bonds is 10. The first-order chi connectivity index (χ1) is 11.9. The maximum atomic E-state index is 11.9. The molecule has 1 aromatic carbocycles. The number of carbonyl (C=O) groups excluding carboxylic acids is 1. The van der Waals surface area contributed by atoms with E-state index < -0.39 is 13.9 Å². The first-order valence-electron chi connectivity index (χ1n) is 8.71. The van der Waals surface area contributed by atoms with E-state index >= 15 is 0 Å². The molecule has 0 aliphatic carbocycles. The number of hydrogen-bond acceptors (Lipinski definition) is 3. The summed E-state index contributed by atoms with van der Waals surface area (Å²) in [5.74, 6) is 0. The van der Waals surface area contributed by atoms with Crippen LogP contribution in [0.2, 0.25) is 0 Å². The zero-order valence-electron chi connectivity index (χ0n) is 15.3. The largest absolute Gasteiger partial charge is 0.469 e. The van der Waals surface area contributed by atoms with E-state index in [1.165, 1.54) is 0 Å². The Kier molecular flexibility index (Phi) is 13.1. The van der Waals surface area contributed by atoms with Gasteiger partial charge in [-0.1, -0.05) is 70.4 Å². The Labute approximate surface area is 150 Å². The summed E-state index contributed by atoms with van der Waals surface area (Å²) in [5.41, 5.74) is 0.710. The van der Waals surface area contributed by atoms with Gasteiger partial charge in [0, 0.05) is 6.54 Å². The Balaban J connectivity index is 0.00000277. The summed E-state index contributed by atoms with van der Waals surface area (Å²) in [6, 6.07) is 7.88. The van der Waals surface area contributed by atoms with Gasteiger partial charge in [0.1, 0.15) is 0 Å². The van der Waals surface area contributed by atoms with Crippen molar-refractivity contribution in [1.82, 2.24) is 10.6 Å². The Morgan fingerprint density at radius 3 is 2.36 bits per heavy atom. The Bertz CT molecular complexity index is 507. The standard InChI is InChI=1S/C15H25N2O5P.C2H6/c1-2-3-4-8-11-16-15(18)17-14(12-22-23(19,20)21)13-9-6-5-7-10-13;1-2/h5-7,9-10,14H,2-4,8,11-12H2,1H3,(H2,16,17,18)(H2,19,20,21);1-2H3. The number of unbranched alkanes of at least 4 members (excludes halogenated alkanes) is 3. The fourth-order valence-corrected chi connectivity index (χ4v) is 2.38. The van der Waals surface area contributed by atoms with Crippen LogP contribution in [-0.2, 0) is 9.09 Å². The maximum absolute atomic E-state index is 11.9. The Morgan fingerprint density at radius 2 is 1.80 bits per heavy atom. The molecule has 0 fully saturated rings. The highest BCUT2D eigenvalue weighted by Gasteiger charge is 2.20. The van der Waals surface area contributed by atoms with Gasteiger partial charge in [-0.15, -0.1) is 0 Å². The molecule has 144 valence electrons. The smallest absolute Gasteiger partial charge is 0.338 e. The summed E-state index contributed by atoms with van der Waals surface area (Å²) in [6.45, 7) is 6.37. The zero-order chi connectivity index (χ0) is 19.1. The van der Waals surface area contributed by atoms with Crippen molar-refractivity contribution in [3.63, 3.8) is 0 Å². The van der Waals surface area contributed by atoms with Crippen LogP contribution in [0.25, 0.3) is 0 Å². The van der Waals surface area contributed by atoms with E-state index in [0.29, 0.717) is 12.1 Å². The molecule has 0 aromatic heterocycles. The molecule has 2 amide bonds. The highest BCUT2D eigenvalue weighted by molar-refractivity contribution is 7.46. The van der Waals surface area contributed by atoms with Crippen LogP contribution in [0.3, 0.4) is 0 Å². The third kappa shape index (κ3) is 12.6. The molecule has 0 heterocycles. The Morgan fingerprint density at radius 1 is 1.16 bits per heavy atom. The summed E-state index contributed by atoms with van der Waals surface area (Å²) >= 11 is 0. The molecule has 8 heteroatoms. The lowest BCUT2D eigenvalue weighted by Crippen LogP contribution is -2.39. The van der Waals surface area contributed by atoms with E-state index in [9.17, 15) is 9.36 Å². The molecule has 1 aromatic rings. The molecular formula is C17H31N2O5P. The molecule has 0 aliphatic rings. The molecule has 1 rings (SSSR count). The summed E-state index contributed by atoms with van der Waals surface area (Å²) in [4.78, 5) is 29.6. The summed E-state index contributed by atoms with van der Waals surface area (Å²) in [6.07, 6.45) is 4.21. The van der Waals surface area contributed by atoms with Gasteiger partial charge in [-0.05, 0) is 12.0 Å². The topological polar surface area (TPSA) is 108 Å². The number of amides is 2. The second-order valence-corrected chi connectivity index (χ2v) is 6.45. The van der Waals surface area contributed by atoms with Crippen LogP contribution < -0.4 is 10.6 Å². The fraction of sp³-hybridized carbons (Fsp3) is 0.588. The van der Waals surface area contributed by atoms with Crippen LogP contribution >= 0.6 is 7.82 Å². The number of phosphoric ester groups is 1. The third-order valence-corrected chi connectivity index (χ3v) is 3.72. The number of hydrogen-bond donors (Lipinski definition) is 4. The molecule has 0 bridgehead atoms. The molecular weight excluding hydrogens is 343 g/mol. The van der Waals surface area contributed by atoms with Gasteiger partial charge in [0.25, 0.3) is 0 Å². The lowest BCUT2D eigenvalue weighted by Gasteiger charge is -2.20. The number of phosphoric acid groups is 1. The van der Waals surface area contributed by atoms with Gasteiger partial charge in [0.15, 0.2) is 0 Å². The van der Waals surface area contributed by atoms with Crippen LogP contribution in [0.5, 0.6) is 0 Å². The van der Waals surface area contributed by atoms with Crippen LogP contribution in [0.4, 0.5) is 4.79 Å². The average Bonchev–Trinajstić information content (AvgIpc) is 2.60. The van der Waals surface area contributed by atoms with Gasteiger partial charge in [-0.25, -0.2) is 9.36 Å². The van der Waals surface area contributed by atoms with Crippen LogP contribution in [0, 0.1) is 0 Å². The minimum absolute atomic E-state index is 0.308. The average molecular weight is 374 g/mol. The molecule has 4 N–H and O–H groups in total. The number of carbonyl (C=O) groups is 1. The maximum Gasteiger partial charge on any atom is 0.469 e. The second kappa shape index (κ2) is 13.8. The van der Waals surface area contributed by atoms with Gasteiger partial charge in [0.05, 0.1) is 12.6 Å². The first-order valence-corrected chi connectivity index (χ1v) is 10.2. The van der Waals surface area contributed by atoms with Gasteiger partial charge in [0.2, 0.25) is 0 Å². The quantitative estimate of drug-likeness (QED) is 0.369. The van der Waals surface area contributed by atoms with Crippen molar-refractivity contribution < 1.29 is 23.7 Å². The molecule has 0 saturated heterocycles. The third-order valence-electron chi connectivity index (χ3n) is 3.23.